The van der Waals surface area contributed by atoms with Crippen LogP contribution in [0, 0.1) is 0 Å². The van der Waals surface area contributed by atoms with Crippen molar-refractivity contribution in [2.75, 3.05) is 0 Å². The first kappa shape index (κ1) is 18.5. The minimum absolute atomic E-state index is 0.125. The predicted molar refractivity (Wildman–Crippen MR) is 78.9 cm³/mol. The minimum Gasteiger partial charge on any atom is -0.504 e. The van der Waals surface area contributed by atoms with Crippen molar-refractivity contribution in [2.45, 2.75) is 13.8 Å². The fourth-order valence-electron chi connectivity index (χ4n) is 1.30. The van der Waals surface area contributed by atoms with Crippen LogP contribution in [0.5, 0.6) is 11.5 Å². The fourth-order valence-corrected chi connectivity index (χ4v) is 1.57. The average molecular weight is 315 g/mol. The first-order chi connectivity index (χ1) is 9.66. The van der Waals surface area contributed by atoms with Gasteiger partial charge in [0.1, 0.15) is 0 Å². The van der Waals surface area contributed by atoms with Crippen LogP contribution in [-0.4, -0.2) is 32.4 Å². The molecule has 0 heterocycles. The van der Waals surface area contributed by atoms with Crippen molar-refractivity contribution in [1.29, 1.82) is 0 Å². The largest absolute Gasteiger partial charge is 0.504 e. The number of carboxylic acid groups (broad SMARTS) is 2. The molecule has 0 saturated carbocycles. The molecular formula is C14H15ClO6. The summed E-state index contributed by atoms with van der Waals surface area (Å²) in [5.41, 5.74) is 0. The Labute approximate surface area is 125 Å². The Balaban J connectivity index is 0.000000421. The number of aromatic hydroxyl groups is 2. The SMILES string of the molecule is CC(=O)O.CC(=O)O.Oc1cc(Cl)c2ccccc2c1O. The number of aliphatic carboxylic acids is 2. The van der Waals surface area contributed by atoms with Crippen molar-refractivity contribution >= 4 is 34.3 Å². The van der Waals surface area contributed by atoms with Gasteiger partial charge in [-0.3, -0.25) is 9.59 Å². The number of phenolic OH excluding ortho intramolecular Hbond substituents is 2. The number of fused-ring (bicyclic) bond motifs is 1. The van der Waals surface area contributed by atoms with Crippen LogP contribution in [0.3, 0.4) is 0 Å². The minimum atomic E-state index is -0.833. The van der Waals surface area contributed by atoms with E-state index in [0.29, 0.717) is 10.4 Å². The van der Waals surface area contributed by atoms with Gasteiger partial charge in [0, 0.05) is 30.7 Å². The summed E-state index contributed by atoms with van der Waals surface area (Å²) in [4.78, 5) is 18.0. The second kappa shape index (κ2) is 8.65. The molecule has 2 aromatic carbocycles. The van der Waals surface area contributed by atoms with Gasteiger partial charge in [-0.15, -0.1) is 0 Å². The summed E-state index contributed by atoms with van der Waals surface area (Å²) < 4.78 is 0. The van der Waals surface area contributed by atoms with Gasteiger partial charge in [-0.1, -0.05) is 35.9 Å². The third-order valence-corrected chi connectivity index (χ3v) is 2.26. The number of hydrogen-bond acceptors (Lipinski definition) is 4. The number of hydrogen-bond donors (Lipinski definition) is 4. The van der Waals surface area contributed by atoms with E-state index in [9.17, 15) is 10.2 Å². The van der Waals surface area contributed by atoms with Gasteiger partial charge >= 0.3 is 0 Å². The molecule has 4 N–H and O–H groups in total. The molecule has 0 spiro atoms. The van der Waals surface area contributed by atoms with Crippen molar-refractivity contribution in [1.82, 2.24) is 0 Å². The van der Waals surface area contributed by atoms with Crippen LogP contribution in [0.2, 0.25) is 5.02 Å². The summed E-state index contributed by atoms with van der Waals surface area (Å²) in [7, 11) is 0. The van der Waals surface area contributed by atoms with Crippen LogP contribution >= 0.6 is 11.6 Å². The van der Waals surface area contributed by atoms with Gasteiger partial charge in [0.2, 0.25) is 0 Å². The maximum absolute atomic E-state index is 9.47. The van der Waals surface area contributed by atoms with E-state index in [2.05, 4.69) is 0 Å². The average Bonchev–Trinajstić information content (AvgIpc) is 2.35. The second-order valence-electron chi connectivity index (χ2n) is 3.81. The van der Waals surface area contributed by atoms with Gasteiger partial charge in [0.05, 0.1) is 5.02 Å². The third-order valence-electron chi connectivity index (χ3n) is 1.95. The zero-order valence-electron chi connectivity index (χ0n) is 11.4. The van der Waals surface area contributed by atoms with Crippen LogP contribution in [0.25, 0.3) is 10.8 Å². The van der Waals surface area contributed by atoms with Crippen LogP contribution < -0.4 is 0 Å². The maximum Gasteiger partial charge on any atom is 0.300 e. The molecule has 0 saturated heterocycles. The summed E-state index contributed by atoms with van der Waals surface area (Å²) in [6.07, 6.45) is 0. The fraction of sp³-hybridized carbons (Fsp3) is 0.143. The van der Waals surface area contributed by atoms with Crippen molar-refractivity contribution in [2.24, 2.45) is 0 Å². The predicted octanol–water partition coefficient (Wildman–Crippen LogP) is 3.09. The van der Waals surface area contributed by atoms with Gasteiger partial charge < -0.3 is 20.4 Å². The first-order valence-electron chi connectivity index (χ1n) is 5.65. The molecule has 0 aromatic heterocycles. The van der Waals surface area contributed by atoms with E-state index in [4.69, 9.17) is 31.4 Å². The third kappa shape index (κ3) is 7.03. The molecule has 0 aliphatic heterocycles. The molecule has 0 aliphatic rings. The van der Waals surface area contributed by atoms with Crippen molar-refractivity contribution in [3.8, 4) is 11.5 Å². The molecule has 2 rings (SSSR count). The Morgan fingerprint density at radius 3 is 1.76 bits per heavy atom. The Kier molecular flexibility index (Phi) is 7.63. The molecule has 0 amide bonds. The highest BCUT2D eigenvalue weighted by Gasteiger charge is 2.07. The summed E-state index contributed by atoms with van der Waals surface area (Å²) in [5.74, 6) is -1.98. The highest BCUT2D eigenvalue weighted by Crippen LogP contribution is 2.37. The van der Waals surface area contributed by atoms with Crippen LogP contribution in [0.15, 0.2) is 30.3 Å². The molecular weight excluding hydrogens is 300 g/mol. The van der Waals surface area contributed by atoms with E-state index in [1.807, 2.05) is 6.07 Å². The molecule has 0 radical (unpaired) electrons. The molecule has 0 atom stereocenters. The summed E-state index contributed by atoms with van der Waals surface area (Å²) in [6, 6.07) is 8.43. The van der Waals surface area contributed by atoms with E-state index in [1.165, 1.54) is 6.07 Å². The number of benzene rings is 2. The standard InChI is InChI=1S/C10H7ClO2.2C2H4O2/c11-8-5-9(12)10(13)7-4-2-1-3-6(7)8;2*1-2(3)4/h1-5,12-13H;2*1H3,(H,3,4). The van der Waals surface area contributed by atoms with E-state index < -0.39 is 11.9 Å². The van der Waals surface area contributed by atoms with Gasteiger partial charge in [-0.2, -0.15) is 0 Å². The summed E-state index contributed by atoms with van der Waals surface area (Å²) in [6.45, 7) is 2.17. The maximum atomic E-state index is 9.47. The van der Waals surface area contributed by atoms with E-state index in [-0.39, 0.29) is 11.5 Å². The Hall–Kier alpha value is -2.47. The normalized spacial score (nSPS) is 8.90. The zero-order chi connectivity index (χ0) is 16.6. The molecule has 0 unspecified atom stereocenters. The van der Waals surface area contributed by atoms with E-state index in [0.717, 1.165) is 19.2 Å². The number of phenols is 2. The zero-order valence-corrected chi connectivity index (χ0v) is 12.1. The highest BCUT2D eigenvalue weighted by atomic mass is 35.5. The summed E-state index contributed by atoms with van der Waals surface area (Å²) >= 11 is 5.86. The smallest absolute Gasteiger partial charge is 0.300 e. The lowest BCUT2D eigenvalue weighted by Crippen LogP contribution is -1.78. The van der Waals surface area contributed by atoms with Crippen molar-refractivity contribution in [3.05, 3.63) is 35.4 Å². The van der Waals surface area contributed by atoms with E-state index in [1.54, 1.807) is 18.2 Å². The van der Waals surface area contributed by atoms with Gasteiger partial charge in [0.25, 0.3) is 11.9 Å². The molecule has 2 aromatic rings. The second-order valence-corrected chi connectivity index (χ2v) is 4.22. The molecule has 0 aliphatic carbocycles. The van der Waals surface area contributed by atoms with Crippen molar-refractivity contribution in [3.63, 3.8) is 0 Å². The molecule has 0 bridgehead atoms. The number of rotatable bonds is 0. The monoisotopic (exact) mass is 314 g/mol. The Morgan fingerprint density at radius 1 is 0.952 bits per heavy atom. The molecule has 114 valence electrons. The van der Waals surface area contributed by atoms with Gasteiger partial charge in [-0.05, 0) is 0 Å². The highest BCUT2D eigenvalue weighted by molar-refractivity contribution is 6.36. The molecule has 0 fully saturated rings. The molecule has 7 heteroatoms. The molecule has 21 heavy (non-hydrogen) atoms. The lowest BCUT2D eigenvalue weighted by molar-refractivity contribution is -0.135. The van der Waals surface area contributed by atoms with E-state index >= 15 is 0 Å². The number of carbonyl (C=O) groups is 2. The molecule has 6 nitrogen and oxygen atoms in total. The van der Waals surface area contributed by atoms with Gasteiger partial charge in [-0.25, -0.2) is 0 Å². The van der Waals surface area contributed by atoms with Gasteiger partial charge in [0.15, 0.2) is 11.5 Å². The van der Waals surface area contributed by atoms with Crippen LogP contribution in [-0.2, 0) is 9.59 Å². The van der Waals surface area contributed by atoms with Crippen LogP contribution in [0.1, 0.15) is 13.8 Å². The number of halogens is 1. The van der Waals surface area contributed by atoms with Crippen LogP contribution in [0.4, 0.5) is 0 Å². The Morgan fingerprint density at radius 2 is 1.33 bits per heavy atom. The first-order valence-corrected chi connectivity index (χ1v) is 6.02. The Bertz CT molecular complexity index is 619. The number of carboxylic acids is 2. The van der Waals surface area contributed by atoms with Crippen molar-refractivity contribution < 1.29 is 30.0 Å². The lowest BCUT2D eigenvalue weighted by Gasteiger charge is -2.04. The topological polar surface area (TPSA) is 115 Å². The lowest BCUT2D eigenvalue weighted by atomic mass is 10.1. The summed E-state index contributed by atoms with van der Waals surface area (Å²) in [5, 5.41) is 35.3. The quantitative estimate of drug-likeness (QED) is 0.555.